The quantitative estimate of drug-likeness (QED) is 0.534. The number of hydrogen-bond donors (Lipinski definition) is 3. The molecule has 11 heteroatoms. The number of hydrogen-bond acceptors (Lipinski definition) is 8. The molecular weight excluding hydrogens is 444 g/mol. The summed E-state index contributed by atoms with van der Waals surface area (Å²) in [6, 6.07) is 3.14. The summed E-state index contributed by atoms with van der Waals surface area (Å²) >= 11 is 1.49. The zero-order valence-electron chi connectivity index (χ0n) is 18.4. The van der Waals surface area contributed by atoms with Crippen LogP contribution in [0.1, 0.15) is 49.9 Å². The van der Waals surface area contributed by atoms with Gasteiger partial charge in [0.25, 0.3) is 5.56 Å². The standard InChI is InChI=1S/C22H24N6O4S/c1-22(2,3)32-21(31)27-16-6-15-10(7-24-16)4-11(33-15)8-26-19(29)17-12-5-13(12)18-25-9-14(23)20(30)28(17)18/h4,6-7,9,12-13,17H,5,8,23H2,1-3H3,(H,26,29)(H,24,27,31)/t12-,13+,17+/m1/s1. The van der Waals surface area contributed by atoms with E-state index in [0.29, 0.717) is 18.2 Å². The molecule has 0 saturated heterocycles. The number of rotatable bonds is 4. The first-order valence-corrected chi connectivity index (χ1v) is 11.5. The molecule has 0 radical (unpaired) electrons. The Morgan fingerprint density at radius 1 is 1.27 bits per heavy atom. The molecule has 0 aromatic carbocycles. The molecule has 1 saturated carbocycles. The second-order valence-electron chi connectivity index (χ2n) is 9.36. The van der Waals surface area contributed by atoms with Crippen LogP contribution in [0, 0.1) is 5.92 Å². The van der Waals surface area contributed by atoms with Crippen LogP contribution in [0.3, 0.4) is 0 Å². The van der Waals surface area contributed by atoms with Crippen LogP contribution in [0.25, 0.3) is 10.1 Å². The van der Waals surface area contributed by atoms with Crippen molar-refractivity contribution in [2.75, 3.05) is 11.1 Å². The number of nitrogens with one attached hydrogen (secondary N) is 2. The summed E-state index contributed by atoms with van der Waals surface area (Å²) in [7, 11) is 0. The summed E-state index contributed by atoms with van der Waals surface area (Å²) in [6.07, 6.45) is 3.33. The Morgan fingerprint density at radius 2 is 2.06 bits per heavy atom. The number of carbonyl (C=O) groups excluding carboxylic acids is 2. The highest BCUT2D eigenvalue weighted by molar-refractivity contribution is 7.19. The van der Waals surface area contributed by atoms with Gasteiger partial charge in [0, 0.05) is 27.1 Å². The van der Waals surface area contributed by atoms with Gasteiger partial charge < -0.3 is 15.8 Å². The lowest BCUT2D eigenvalue weighted by Gasteiger charge is -2.19. The SMILES string of the molecule is CC(C)(C)OC(=O)Nc1cc2sc(CNC(=O)[C@@H]3[C@@H]4C[C@@H]4c4ncc(N)c(=O)n43)cc2cn1. The average Bonchev–Trinajstić information content (AvgIpc) is 3.27. The van der Waals surface area contributed by atoms with E-state index in [-0.39, 0.29) is 29.0 Å². The molecule has 2 amide bonds. The van der Waals surface area contributed by atoms with E-state index in [2.05, 4.69) is 20.6 Å². The van der Waals surface area contributed by atoms with Crippen molar-refractivity contribution >= 4 is 44.9 Å². The molecule has 5 rings (SSSR count). The van der Waals surface area contributed by atoms with Gasteiger partial charge in [-0.3, -0.25) is 19.5 Å². The number of nitrogens with zero attached hydrogens (tertiary/aromatic N) is 3. The Hall–Kier alpha value is -3.47. The Bertz CT molecular complexity index is 1340. The highest BCUT2D eigenvalue weighted by Crippen LogP contribution is 2.58. The van der Waals surface area contributed by atoms with E-state index in [1.54, 1.807) is 33.0 Å². The summed E-state index contributed by atoms with van der Waals surface area (Å²) in [5.41, 5.74) is 4.82. The van der Waals surface area contributed by atoms with E-state index in [9.17, 15) is 14.4 Å². The Balaban J connectivity index is 1.27. The van der Waals surface area contributed by atoms with E-state index in [1.807, 2.05) is 6.07 Å². The Labute approximate surface area is 193 Å². The number of nitrogen functional groups attached to an aromatic ring is 1. The smallest absolute Gasteiger partial charge is 0.413 e. The zero-order chi connectivity index (χ0) is 23.5. The summed E-state index contributed by atoms with van der Waals surface area (Å²) in [6.45, 7) is 5.69. The topological polar surface area (TPSA) is 141 Å². The van der Waals surface area contributed by atoms with Crippen LogP contribution in [0.2, 0.25) is 0 Å². The Kier molecular flexibility index (Phi) is 4.89. The highest BCUT2D eigenvalue weighted by Gasteiger charge is 2.56. The van der Waals surface area contributed by atoms with Gasteiger partial charge in [0.05, 0.1) is 12.7 Å². The molecule has 2 aliphatic rings. The van der Waals surface area contributed by atoms with Gasteiger partial charge in [0.2, 0.25) is 5.91 Å². The maximum absolute atomic E-state index is 13.0. The molecule has 0 spiro atoms. The maximum Gasteiger partial charge on any atom is 0.413 e. The highest BCUT2D eigenvalue weighted by atomic mass is 32.1. The van der Waals surface area contributed by atoms with Gasteiger partial charge in [0.15, 0.2) is 0 Å². The maximum atomic E-state index is 13.0. The number of amides is 2. The minimum Gasteiger partial charge on any atom is -0.444 e. The molecule has 0 bridgehead atoms. The molecule has 10 nitrogen and oxygen atoms in total. The van der Waals surface area contributed by atoms with Gasteiger partial charge in [0.1, 0.15) is 29.0 Å². The molecule has 33 heavy (non-hydrogen) atoms. The predicted molar refractivity (Wildman–Crippen MR) is 124 cm³/mol. The van der Waals surface area contributed by atoms with E-state index >= 15 is 0 Å². The molecule has 1 aliphatic carbocycles. The number of carbonyl (C=O) groups is 2. The molecule has 0 unspecified atom stereocenters. The first kappa shape index (κ1) is 21.4. The lowest BCUT2D eigenvalue weighted by atomic mass is 10.2. The van der Waals surface area contributed by atoms with E-state index in [1.165, 1.54) is 22.1 Å². The van der Waals surface area contributed by atoms with Crippen LogP contribution in [-0.4, -0.2) is 32.1 Å². The molecule has 1 fully saturated rings. The van der Waals surface area contributed by atoms with Crippen LogP contribution in [0.5, 0.6) is 0 Å². The van der Waals surface area contributed by atoms with Crippen molar-refractivity contribution in [3.05, 3.63) is 45.6 Å². The zero-order valence-corrected chi connectivity index (χ0v) is 19.2. The van der Waals surface area contributed by atoms with Gasteiger partial charge in [-0.1, -0.05) is 0 Å². The third-order valence-electron chi connectivity index (χ3n) is 5.69. The summed E-state index contributed by atoms with van der Waals surface area (Å²) in [5.74, 6) is 1.08. The lowest BCUT2D eigenvalue weighted by Crippen LogP contribution is -2.38. The summed E-state index contributed by atoms with van der Waals surface area (Å²) in [4.78, 5) is 46.9. The number of thiophene rings is 1. The van der Waals surface area contributed by atoms with Gasteiger partial charge in [-0.05, 0) is 45.2 Å². The number of anilines is 2. The van der Waals surface area contributed by atoms with E-state index in [4.69, 9.17) is 10.5 Å². The largest absolute Gasteiger partial charge is 0.444 e. The minimum atomic E-state index is -0.601. The van der Waals surface area contributed by atoms with Crippen LogP contribution < -0.4 is 21.9 Å². The third-order valence-corrected chi connectivity index (χ3v) is 6.79. The van der Waals surface area contributed by atoms with Crippen molar-refractivity contribution in [1.29, 1.82) is 0 Å². The van der Waals surface area contributed by atoms with Gasteiger partial charge in [-0.2, -0.15) is 0 Å². The van der Waals surface area contributed by atoms with Crippen molar-refractivity contribution in [3.63, 3.8) is 0 Å². The molecule has 1 aliphatic heterocycles. The Morgan fingerprint density at radius 3 is 2.82 bits per heavy atom. The fourth-order valence-corrected chi connectivity index (χ4v) is 5.25. The normalized spacial score (nSPS) is 20.8. The van der Waals surface area contributed by atoms with Gasteiger partial charge in [-0.15, -0.1) is 11.3 Å². The average molecular weight is 469 g/mol. The van der Waals surface area contributed by atoms with Crippen LogP contribution in [0.15, 0.2) is 29.3 Å². The number of fused-ring (bicyclic) bond motifs is 4. The summed E-state index contributed by atoms with van der Waals surface area (Å²) in [5, 5.41) is 6.49. The fraction of sp³-hybridized carbons (Fsp3) is 0.409. The number of aromatic nitrogens is 3. The van der Waals surface area contributed by atoms with E-state index in [0.717, 1.165) is 21.4 Å². The molecule has 4 heterocycles. The van der Waals surface area contributed by atoms with Crippen LogP contribution >= 0.6 is 11.3 Å². The number of ether oxygens (including phenoxy) is 1. The second kappa shape index (κ2) is 7.55. The summed E-state index contributed by atoms with van der Waals surface area (Å²) < 4.78 is 7.62. The van der Waals surface area contributed by atoms with Crippen molar-refractivity contribution in [2.24, 2.45) is 5.92 Å². The predicted octanol–water partition coefficient (Wildman–Crippen LogP) is 2.76. The van der Waals surface area contributed by atoms with Crippen molar-refractivity contribution in [2.45, 2.75) is 51.3 Å². The molecule has 4 N–H and O–H groups in total. The van der Waals surface area contributed by atoms with Crippen LogP contribution in [0.4, 0.5) is 16.3 Å². The minimum absolute atomic E-state index is 0.0469. The third kappa shape index (κ3) is 4.04. The van der Waals surface area contributed by atoms with E-state index < -0.39 is 17.7 Å². The monoisotopic (exact) mass is 468 g/mol. The second-order valence-corrected chi connectivity index (χ2v) is 10.5. The van der Waals surface area contributed by atoms with Gasteiger partial charge >= 0.3 is 6.09 Å². The number of pyridine rings is 1. The lowest BCUT2D eigenvalue weighted by molar-refractivity contribution is -0.124. The first-order chi connectivity index (χ1) is 15.6. The van der Waals surface area contributed by atoms with Crippen molar-refractivity contribution < 1.29 is 14.3 Å². The molecule has 3 aromatic heterocycles. The van der Waals surface area contributed by atoms with Crippen molar-refractivity contribution in [1.82, 2.24) is 19.9 Å². The molecule has 3 aromatic rings. The molecule has 172 valence electrons. The van der Waals surface area contributed by atoms with Gasteiger partial charge in [-0.25, -0.2) is 14.8 Å². The number of nitrogens with two attached hydrogens (primary N) is 1. The molecule has 3 atom stereocenters. The molecular formula is C22H24N6O4S. The van der Waals surface area contributed by atoms with Crippen LogP contribution in [-0.2, 0) is 16.1 Å². The first-order valence-electron chi connectivity index (χ1n) is 10.6. The van der Waals surface area contributed by atoms with Crippen molar-refractivity contribution in [3.8, 4) is 0 Å². The fourth-order valence-electron chi connectivity index (χ4n) is 4.23.